The topological polar surface area (TPSA) is 110 Å². The number of nitro benzene ring substituents is 1. The van der Waals surface area contributed by atoms with Gasteiger partial charge in [-0.15, -0.1) is 0 Å². The highest BCUT2D eigenvalue weighted by Crippen LogP contribution is 2.43. The normalized spacial score (nSPS) is 24.2. The second-order valence-corrected chi connectivity index (χ2v) is 7.99. The molecule has 2 atom stereocenters. The maximum Gasteiger partial charge on any atom is 0.293 e. The van der Waals surface area contributed by atoms with E-state index < -0.39 is 20.9 Å². The Kier molecular flexibility index (Phi) is 3.71. The Bertz CT molecular complexity index is 684. The molecule has 0 heterocycles. The Balaban J connectivity index is 2.35. The smallest absolute Gasteiger partial charge is 0.293 e. The molecule has 0 bridgehead atoms. The van der Waals surface area contributed by atoms with Gasteiger partial charge in [0.2, 0.25) is 0 Å². The van der Waals surface area contributed by atoms with Crippen LogP contribution in [0.2, 0.25) is 0 Å². The van der Waals surface area contributed by atoms with Crippen LogP contribution < -0.4 is 5.32 Å². The summed E-state index contributed by atoms with van der Waals surface area (Å²) in [5.41, 5.74) is -0.406. The first-order valence-corrected chi connectivity index (χ1v) is 8.35. The molecule has 1 aromatic carbocycles. The lowest BCUT2D eigenvalue weighted by Gasteiger charge is -2.49. The van der Waals surface area contributed by atoms with Gasteiger partial charge in [0.05, 0.1) is 15.9 Å². The van der Waals surface area contributed by atoms with Crippen LogP contribution in [0.4, 0.5) is 11.4 Å². The molecule has 1 aliphatic rings. The number of hydrogen-bond acceptors (Lipinski definition) is 6. The van der Waals surface area contributed by atoms with Crippen molar-refractivity contribution >= 4 is 21.2 Å². The third-order valence-corrected chi connectivity index (χ3v) is 5.25. The maximum atomic E-state index is 11.5. The number of aliphatic hydroxyl groups excluding tert-OH is 1. The summed E-state index contributed by atoms with van der Waals surface area (Å²) in [5, 5.41) is 23.9. The molecule has 0 radical (unpaired) electrons. The molecule has 0 amide bonds. The quantitative estimate of drug-likeness (QED) is 0.645. The molecule has 0 aliphatic heterocycles. The average Bonchev–Trinajstić information content (AvgIpc) is 2.37. The molecular formula is C13H18N2O5S. The van der Waals surface area contributed by atoms with E-state index in [0.717, 1.165) is 12.3 Å². The van der Waals surface area contributed by atoms with Crippen LogP contribution in [0.5, 0.6) is 0 Å². The minimum absolute atomic E-state index is 0.0901. The van der Waals surface area contributed by atoms with Gasteiger partial charge < -0.3 is 10.4 Å². The molecule has 2 unspecified atom stereocenters. The number of hydrogen-bond donors (Lipinski definition) is 2. The summed E-state index contributed by atoms with van der Waals surface area (Å²) in [4.78, 5) is 10.4. The Morgan fingerprint density at radius 3 is 2.48 bits per heavy atom. The lowest BCUT2D eigenvalue weighted by atomic mass is 9.64. The molecular weight excluding hydrogens is 296 g/mol. The van der Waals surface area contributed by atoms with Crippen molar-refractivity contribution in [3.05, 3.63) is 28.3 Å². The first-order valence-electron chi connectivity index (χ1n) is 6.46. The van der Waals surface area contributed by atoms with Gasteiger partial charge in [-0.05, 0) is 18.6 Å². The Hall–Kier alpha value is -1.67. The number of nitrogens with zero attached hydrogens (tertiary/aromatic N) is 1. The number of rotatable bonds is 4. The Morgan fingerprint density at radius 1 is 1.43 bits per heavy atom. The SMILES string of the molecule is CC1(C)C(O)CC1Nc1ccc(S(C)(=O)=O)cc1[N+](=O)[O-]. The summed E-state index contributed by atoms with van der Waals surface area (Å²) in [6, 6.07) is 3.69. The highest BCUT2D eigenvalue weighted by molar-refractivity contribution is 7.90. The molecule has 2 N–H and O–H groups in total. The van der Waals surface area contributed by atoms with E-state index in [1.165, 1.54) is 12.1 Å². The Labute approximate surface area is 123 Å². The van der Waals surface area contributed by atoms with E-state index in [1.54, 1.807) is 0 Å². The lowest BCUT2D eigenvalue weighted by molar-refractivity contribution is -0.384. The van der Waals surface area contributed by atoms with Crippen LogP contribution in [0.3, 0.4) is 0 Å². The van der Waals surface area contributed by atoms with Gasteiger partial charge in [0.1, 0.15) is 5.69 Å². The zero-order valence-corrected chi connectivity index (χ0v) is 12.8. The van der Waals surface area contributed by atoms with E-state index >= 15 is 0 Å². The van der Waals surface area contributed by atoms with Gasteiger partial charge in [-0.3, -0.25) is 10.1 Å². The van der Waals surface area contributed by atoms with Gasteiger partial charge in [-0.25, -0.2) is 8.42 Å². The van der Waals surface area contributed by atoms with E-state index in [-0.39, 0.29) is 27.7 Å². The lowest BCUT2D eigenvalue weighted by Crippen LogP contribution is -2.56. The predicted octanol–water partition coefficient (Wildman–Crippen LogP) is 1.57. The summed E-state index contributed by atoms with van der Waals surface area (Å²) in [6.07, 6.45) is 1.05. The number of nitrogens with one attached hydrogen (secondary N) is 1. The zero-order chi connectivity index (χ0) is 16.0. The van der Waals surface area contributed by atoms with Crippen molar-refractivity contribution in [3.8, 4) is 0 Å². The third-order valence-electron chi connectivity index (χ3n) is 4.14. The molecule has 0 spiro atoms. The largest absolute Gasteiger partial charge is 0.392 e. The van der Waals surface area contributed by atoms with Gasteiger partial charge in [0.25, 0.3) is 5.69 Å². The highest BCUT2D eigenvalue weighted by Gasteiger charge is 2.47. The summed E-state index contributed by atoms with van der Waals surface area (Å²) in [5.74, 6) is 0. The number of nitro groups is 1. The minimum Gasteiger partial charge on any atom is -0.392 e. The number of aliphatic hydroxyl groups is 1. The van der Waals surface area contributed by atoms with Crippen molar-refractivity contribution in [1.29, 1.82) is 0 Å². The third kappa shape index (κ3) is 2.86. The van der Waals surface area contributed by atoms with Gasteiger partial charge in [-0.2, -0.15) is 0 Å². The Morgan fingerprint density at radius 2 is 2.05 bits per heavy atom. The molecule has 21 heavy (non-hydrogen) atoms. The van der Waals surface area contributed by atoms with Gasteiger partial charge in [0.15, 0.2) is 9.84 Å². The first-order chi connectivity index (χ1) is 9.53. The van der Waals surface area contributed by atoms with Crippen LogP contribution in [-0.2, 0) is 9.84 Å². The molecule has 1 fully saturated rings. The van der Waals surface area contributed by atoms with Crippen LogP contribution in [0.15, 0.2) is 23.1 Å². The average molecular weight is 314 g/mol. The van der Waals surface area contributed by atoms with E-state index in [1.807, 2.05) is 13.8 Å². The van der Waals surface area contributed by atoms with Crippen molar-refractivity contribution in [2.24, 2.45) is 5.41 Å². The monoisotopic (exact) mass is 314 g/mol. The molecule has 7 nitrogen and oxygen atoms in total. The van der Waals surface area contributed by atoms with E-state index in [4.69, 9.17) is 0 Å². The second kappa shape index (κ2) is 4.96. The molecule has 8 heteroatoms. The standard InChI is InChI=1S/C13H18N2O5S/c1-13(2)11(7-12(13)16)14-9-5-4-8(21(3,19)20)6-10(9)15(17)18/h4-6,11-12,14,16H,7H2,1-3H3. The fraction of sp³-hybridized carbons (Fsp3) is 0.538. The van der Waals surface area contributed by atoms with Gasteiger partial charge in [0, 0.05) is 23.8 Å². The van der Waals surface area contributed by atoms with Crippen LogP contribution >= 0.6 is 0 Å². The molecule has 0 saturated heterocycles. The van der Waals surface area contributed by atoms with Crippen molar-refractivity contribution < 1.29 is 18.4 Å². The van der Waals surface area contributed by atoms with E-state index in [0.29, 0.717) is 6.42 Å². The molecule has 1 saturated carbocycles. The molecule has 1 aliphatic carbocycles. The summed E-state index contributed by atoms with van der Waals surface area (Å²) in [7, 11) is -3.50. The number of sulfone groups is 1. The maximum absolute atomic E-state index is 11.5. The molecule has 0 aromatic heterocycles. The second-order valence-electron chi connectivity index (χ2n) is 5.98. The molecule has 2 rings (SSSR count). The van der Waals surface area contributed by atoms with Crippen LogP contribution in [0.1, 0.15) is 20.3 Å². The molecule has 1 aromatic rings. The number of benzene rings is 1. The summed E-state index contributed by atoms with van der Waals surface area (Å²) < 4.78 is 23.0. The van der Waals surface area contributed by atoms with Crippen LogP contribution in [0, 0.1) is 15.5 Å². The van der Waals surface area contributed by atoms with Crippen molar-refractivity contribution in [2.75, 3.05) is 11.6 Å². The fourth-order valence-corrected chi connectivity index (χ4v) is 2.99. The minimum atomic E-state index is -3.50. The van der Waals surface area contributed by atoms with Crippen LogP contribution in [0.25, 0.3) is 0 Å². The van der Waals surface area contributed by atoms with E-state index in [2.05, 4.69) is 5.32 Å². The van der Waals surface area contributed by atoms with Gasteiger partial charge in [-0.1, -0.05) is 13.8 Å². The number of anilines is 1. The first kappa shape index (κ1) is 15.7. The highest BCUT2D eigenvalue weighted by atomic mass is 32.2. The van der Waals surface area contributed by atoms with Crippen molar-refractivity contribution in [1.82, 2.24) is 0 Å². The van der Waals surface area contributed by atoms with Crippen molar-refractivity contribution in [2.45, 2.75) is 37.3 Å². The predicted molar refractivity (Wildman–Crippen MR) is 78.0 cm³/mol. The van der Waals surface area contributed by atoms with Crippen molar-refractivity contribution in [3.63, 3.8) is 0 Å². The zero-order valence-electron chi connectivity index (χ0n) is 12.0. The fourth-order valence-electron chi connectivity index (χ4n) is 2.35. The van der Waals surface area contributed by atoms with E-state index in [9.17, 15) is 23.6 Å². The molecule has 116 valence electrons. The summed E-state index contributed by atoms with van der Waals surface area (Å²) >= 11 is 0. The van der Waals surface area contributed by atoms with Crippen LogP contribution in [-0.4, -0.2) is 36.8 Å². The van der Waals surface area contributed by atoms with Gasteiger partial charge >= 0.3 is 0 Å². The summed E-state index contributed by atoms with van der Waals surface area (Å²) in [6.45, 7) is 3.74.